The zero-order valence-corrected chi connectivity index (χ0v) is 16.8. The summed E-state index contributed by atoms with van der Waals surface area (Å²) < 4.78 is 0. The molecule has 2 aliphatic carbocycles. The van der Waals surface area contributed by atoms with Gasteiger partial charge in [-0.3, -0.25) is 9.59 Å². The van der Waals surface area contributed by atoms with E-state index >= 15 is 0 Å². The van der Waals surface area contributed by atoms with Gasteiger partial charge in [0.15, 0.2) is 0 Å². The maximum absolute atomic E-state index is 13.0. The number of anilines is 1. The van der Waals surface area contributed by atoms with Crippen LogP contribution in [-0.2, 0) is 4.79 Å². The lowest BCUT2D eigenvalue weighted by atomic mass is 9.88. The third-order valence-electron chi connectivity index (χ3n) is 6.97. The molecular weight excluding hydrogens is 336 g/mol. The van der Waals surface area contributed by atoms with Crippen molar-refractivity contribution in [2.75, 3.05) is 18.4 Å². The van der Waals surface area contributed by atoms with Gasteiger partial charge in [-0.05, 0) is 74.0 Å². The quantitative estimate of drug-likeness (QED) is 0.855. The number of fused-ring (bicyclic) bond motifs is 2. The average Bonchev–Trinajstić information content (AvgIpc) is 3.25. The van der Waals surface area contributed by atoms with Crippen molar-refractivity contribution in [2.45, 2.75) is 52.9 Å². The summed E-state index contributed by atoms with van der Waals surface area (Å²) in [4.78, 5) is 27.8. The molecule has 27 heavy (non-hydrogen) atoms. The van der Waals surface area contributed by atoms with Gasteiger partial charge in [0, 0.05) is 30.3 Å². The Hall–Kier alpha value is -1.84. The normalized spacial score (nSPS) is 32.6. The Labute approximate surface area is 162 Å². The van der Waals surface area contributed by atoms with Crippen molar-refractivity contribution in [3.05, 3.63) is 29.3 Å². The van der Waals surface area contributed by atoms with E-state index in [1.807, 2.05) is 30.0 Å². The van der Waals surface area contributed by atoms with Crippen molar-refractivity contribution in [1.82, 2.24) is 4.90 Å². The predicted octanol–water partition coefficient (Wildman–Crippen LogP) is 4.49. The van der Waals surface area contributed by atoms with E-state index in [0.717, 1.165) is 36.7 Å². The molecule has 2 amide bonds. The van der Waals surface area contributed by atoms with Crippen molar-refractivity contribution in [3.8, 4) is 0 Å². The van der Waals surface area contributed by atoms with Gasteiger partial charge in [0.05, 0.1) is 0 Å². The van der Waals surface area contributed by atoms with Crippen molar-refractivity contribution < 1.29 is 9.59 Å². The van der Waals surface area contributed by atoms with Gasteiger partial charge < -0.3 is 10.2 Å². The highest BCUT2D eigenvalue weighted by molar-refractivity contribution is 5.98. The van der Waals surface area contributed by atoms with Crippen LogP contribution in [0.15, 0.2) is 18.2 Å². The highest BCUT2D eigenvalue weighted by atomic mass is 16.2. The van der Waals surface area contributed by atoms with E-state index in [2.05, 4.69) is 19.2 Å². The van der Waals surface area contributed by atoms with E-state index in [-0.39, 0.29) is 17.7 Å². The van der Waals surface area contributed by atoms with E-state index < -0.39 is 0 Å². The lowest BCUT2D eigenvalue weighted by Crippen LogP contribution is -2.42. The molecular formula is C23H32N2O2. The summed E-state index contributed by atoms with van der Waals surface area (Å²) >= 11 is 0. The summed E-state index contributed by atoms with van der Waals surface area (Å²) in [5, 5.41) is 3.14. The van der Waals surface area contributed by atoms with Crippen LogP contribution in [0.25, 0.3) is 0 Å². The Morgan fingerprint density at radius 2 is 1.78 bits per heavy atom. The van der Waals surface area contributed by atoms with Crippen molar-refractivity contribution in [1.29, 1.82) is 0 Å². The number of piperidine rings is 1. The first kappa shape index (κ1) is 18.5. The molecule has 3 aliphatic rings. The second-order valence-corrected chi connectivity index (χ2v) is 9.46. The first-order chi connectivity index (χ1) is 12.9. The fourth-order valence-electron chi connectivity index (χ4n) is 5.69. The number of rotatable bonds is 3. The molecule has 4 nitrogen and oxygen atoms in total. The number of carbonyl (C=O) groups is 2. The third kappa shape index (κ3) is 3.76. The number of nitrogens with zero attached hydrogens (tertiary/aromatic N) is 1. The van der Waals surface area contributed by atoms with Gasteiger partial charge in [0.2, 0.25) is 5.91 Å². The summed E-state index contributed by atoms with van der Waals surface area (Å²) in [6.07, 6.45) is 5.94. The zero-order chi connectivity index (χ0) is 19.1. The third-order valence-corrected chi connectivity index (χ3v) is 6.97. The molecule has 0 aromatic heterocycles. The highest BCUT2D eigenvalue weighted by Gasteiger charge is 2.43. The molecule has 3 fully saturated rings. The average molecular weight is 369 g/mol. The van der Waals surface area contributed by atoms with E-state index in [0.29, 0.717) is 23.3 Å². The summed E-state index contributed by atoms with van der Waals surface area (Å²) in [5.74, 6) is 2.80. The Morgan fingerprint density at radius 3 is 2.41 bits per heavy atom. The SMILES string of the molecule is Cc1ccc(C(=O)N2CC(C)CC(C)C2)cc1NC(=O)C1CC2CCC1C2. The molecule has 146 valence electrons. The molecule has 1 aromatic carbocycles. The molecule has 4 rings (SSSR count). The molecule has 0 radical (unpaired) electrons. The van der Waals surface area contributed by atoms with Crippen LogP contribution in [0.3, 0.4) is 0 Å². The number of amides is 2. The van der Waals surface area contributed by atoms with Gasteiger partial charge in [-0.15, -0.1) is 0 Å². The molecule has 1 heterocycles. The Morgan fingerprint density at radius 1 is 1.04 bits per heavy atom. The minimum atomic E-state index is 0.0869. The van der Waals surface area contributed by atoms with E-state index in [1.54, 1.807) is 0 Å². The topological polar surface area (TPSA) is 49.4 Å². The molecule has 2 bridgehead atoms. The maximum Gasteiger partial charge on any atom is 0.253 e. The molecule has 1 aliphatic heterocycles. The van der Waals surface area contributed by atoms with Gasteiger partial charge in [0.1, 0.15) is 0 Å². The Balaban J connectivity index is 1.48. The number of nitrogens with one attached hydrogen (secondary N) is 1. The minimum absolute atomic E-state index is 0.0869. The monoisotopic (exact) mass is 368 g/mol. The fraction of sp³-hybridized carbons (Fsp3) is 0.652. The molecule has 1 N–H and O–H groups in total. The summed E-state index contributed by atoms with van der Waals surface area (Å²) in [6.45, 7) is 8.07. The van der Waals surface area contributed by atoms with E-state index in [4.69, 9.17) is 0 Å². The van der Waals surface area contributed by atoms with Gasteiger partial charge in [-0.2, -0.15) is 0 Å². The van der Waals surface area contributed by atoms with Crippen LogP contribution in [0.1, 0.15) is 61.9 Å². The maximum atomic E-state index is 13.0. The number of benzene rings is 1. The van der Waals surface area contributed by atoms with E-state index in [9.17, 15) is 9.59 Å². The number of carbonyl (C=O) groups excluding carboxylic acids is 2. The predicted molar refractivity (Wildman–Crippen MR) is 108 cm³/mol. The van der Waals surface area contributed by atoms with E-state index in [1.165, 1.54) is 25.7 Å². The second kappa shape index (κ2) is 7.29. The van der Waals surface area contributed by atoms with Crippen LogP contribution >= 0.6 is 0 Å². The number of hydrogen-bond donors (Lipinski definition) is 1. The van der Waals surface area contributed by atoms with Gasteiger partial charge in [-0.1, -0.05) is 26.3 Å². The minimum Gasteiger partial charge on any atom is -0.338 e. The molecule has 5 unspecified atom stereocenters. The smallest absolute Gasteiger partial charge is 0.253 e. The lowest BCUT2D eigenvalue weighted by molar-refractivity contribution is -0.121. The molecule has 1 aromatic rings. The van der Waals surface area contributed by atoms with Crippen molar-refractivity contribution in [2.24, 2.45) is 29.6 Å². The fourth-order valence-corrected chi connectivity index (χ4v) is 5.69. The summed E-state index contributed by atoms with van der Waals surface area (Å²) in [6, 6.07) is 5.74. The molecule has 5 atom stereocenters. The summed E-state index contributed by atoms with van der Waals surface area (Å²) in [5.41, 5.74) is 2.50. The molecule has 1 saturated heterocycles. The molecule has 0 spiro atoms. The largest absolute Gasteiger partial charge is 0.338 e. The lowest BCUT2D eigenvalue weighted by Gasteiger charge is -2.35. The van der Waals surface area contributed by atoms with Crippen molar-refractivity contribution >= 4 is 17.5 Å². The Bertz CT molecular complexity index is 734. The number of likely N-dealkylation sites (tertiary alicyclic amines) is 1. The number of aryl methyl sites for hydroxylation is 1. The first-order valence-electron chi connectivity index (χ1n) is 10.6. The van der Waals surface area contributed by atoms with Crippen molar-refractivity contribution in [3.63, 3.8) is 0 Å². The standard InChI is InChI=1S/C23H32N2O2/c1-14-8-15(2)13-25(12-14)23(27)19-6-4-16(3)21(11-19)24-22(26)20-10-17-5-7-18(20)9-17/h4,6,11,14-15,17-18,20H,5,7-10,12-13H2,1-3H3,(H,24,26). The van der Waals surface area contributed by atoms with Crippen LogP contribution in [0.2, 0.25) is 0 Å². The Kier molecular flexibility index (Phi) is 5.00. The first-order valence-corrected chi connectivity index (χ1v) is 10.6. The van der Waals surface area contributed by atoms with Crippen LogP contribution in [0.4, 0.5) is 5.69 Å². The summed E-state index contributed by atoms with van der Waals surface area (Å²) in [7, 11) is 0. The second-order valence-electron chi connectivity index (χ2n) is 9.46. The van der Waals surface area contributed by atoms with Crippen LogP contribution in [0.5, 0.6) is 0 Å². The van der Waals surface area contributed by atoms with Crippen LogP contribution in [-0.4, -0.2) is 29.8 Å². The van der Waals surface area contributed by atoms with Gasteiger partial charge >= 0.3 is 0 Å². The zero-order valence-electron chi connectivity index (χ0n) is 16.8. The highest BCUT2D eigenvalue weighted by Crippen LogP contribution is 2.48. The van der Waals surface area contributed by atoms with Gasteiger partial charge in [0.25, 0.3) is 5.91 Å². The number of hydrogen-bond acceptors (Lipinski definition) is 2. The van der Waals surface area contributed by atoms with Crippen LogP contribution < -0.4 is 5.32 Å². The molecule has 2 saturated carbocycles. The molecule has 4 heteroatoms. The van der Waals surface area contributed by atoms with Crippen LogP contribution in [0, 0.1) is 36.5 Å². The van der Waals surface area contributed by atoms with Gasteiger partial charge in [-0.25, -0.2) is 0 Å².